The van der Waals surface area contributed by atoms with Crippen molar-refractivity contribution >= 4 is 39.6 Å². The molecule has 200 valence electrons. The van der Waals surface area contributed by atoms with Crippen LogP contribution in [-0.2, 0) is 36.9 Å². The van der Waals surface area contributed by atoms with Gasteiger partial charge in [-0.3, -0.25) is 14.4 Å². The molecule has 2 fully saturated rings. The molecule has 0 aromatic heterocycles. The predicted molar refractivity (Wildman–Crippen MR) is 144 cm³/mol. The van der Waals surface area contributed by atoms with Gasteiger partial charge in [-0.2, -0.15) is 0 Å². The highest BCUT2D eigenvalue weighted by molar-refractivity contribution is 9.10. The molecule has 1 N–H and O–H groups in total. The zero-order valence-corrected chi connectivity index (χ0v) is 22.5. The molecule has 0 bridgehead atoms. The Morgan fingerprint density at radius 1 is 0.897 bits per heavy atom. The van der Waals surface area contributed by atoms with Crippen molar-refractivity contribution in [2.75, 3.05) is 13.2 Å². The molecule has 5 rings (SSSR count). The maximum absolute atomic E-state index is 13.4. The summed E-state index contributed by atoms with van der Waals surface area (Å²) in [6.07, 6.45) is -1.16. The Hall–Kier alpha value is -4.18. The molecule has 3 aromatic carbocycles. The maximum atomic E-state index is 13.4. The van der Waals surface area contributed by atoms with E-state index in [0.717, 1.165) is 15.6 Å². The predicted octanol–water partition coefficient (Wildman–Crippen LogP) is 2.68. The second kappa shape index (κ2) is 11.7. The van der Waals surface area contributed by atoms with Crippen LogP contribution in [0.1, 0.15) is 11.1 Å². The Labute approximate surface area is 233 Å². The van der Waals surface area contributed by atoms with E-state index in [2.05, 4.69) is 21.2 Å². The van der Waals surface area contributed by atoms with Gasteiger partial charge in [0.1, 0.15) is 18.4 Å². The van der Waals surface area contributed by atoms with Gasteiger partial charge in [0.05, 0.1) is 12.5 Å². The first-order valence-corrected chi connectivity index (χ1v) is 13.2. The third kappa shape index (κ3) is 5.96. The van der Waals surface area contributed by atoms with E-state index in [4.69, 9.17) is 9.47 Å². The average Bonchev–Trinajstić information content (AvgIpc) is 3.32. The van der Waals surface area contributed by atoms with Crippen LogP contribution in [0, 0.1) is 0 Å². The number of carbonyl (C=O) groups excluding carboxylic acids is 4. The lowest BCUT2D eigenvalue weighted by Crippen LogP contribution is -2.71. The second-order valence-corrected chi connectivity index (χ2v) is 10.2. The smallest absolute Gasteiger partial charge is 0.350 e. The van der Waals surface area contributed by atoms with Crippen LogP contribution < -0.4 is 10.1 Å². The first-order valence-electron chi connectivity index (χ1n) is 12.4. The number of ether oxygens (including phenoxy) is 2. The van der Waals surface area contributed by atoms with Gasteiger partial charge in [-0.05, 0) is 35.4 Å². The van der Waals surface area contributed by atoms with E-state index in [1.807, 2.05) is 60.7 Å². The molecule has 2 heterocycles. The third-order valence-electron chi connectivity index (χ3n) is 6.66. The average molecular weight is 592 g/mol. The van der Waals surface area contributed by atoms with E-state index in [0.29, 0.717) is 5.75 Å². The van der Waals surface area contributed by atoms with Gasteiger partial charge in [0.25, 0.3) is 5.91 Å². The number of hydrogen-bond donors (Lipinski definition) is 1. The van der Waals surface area contributed by atoms with Gasteiger partial charge in [0, 0.05) is 11.0 Å². The first-order chi connectivity index (χ1) is 18.9. The molecule has 10 heteroatoms. The molecule has 3 aromatic rings. The normalized spacial score (nSPS) is 19.6. The highest BCUT2D eigenvalue weighted by Crippen LogP contribution is 2.34. The molecule has 3 atom stereocenters. The maximum Gasteiger partial charge on any atom is 0.350 e. The van der Waals surface area contributed by atoms with Crippen molar-refractivity contribution in [1.29, 1.82) is 0 Å². The fraction of sp³-hybridized carbons (Fsp3) is 0.241. The highest BCUT2D eigenvalue weighted by atomic mass is 79.9. The number of benzene rings is 3. The van der Waals surface area contributed by atoms with Crippen molar-refractivity contribution in [2.45, 2.75) is 31.3 Å². The number of carbonyl (C=O) groups is 4. The number of rotatable bonds is 9. The molecule has 2 aliphatic rings. The Balaban J connectivity index is 1.28. The summed E-state index contributed by atoms with van der Waals surface area (Å²) < 4.78 is 11.9. The van der Waals surface area contributed by atoms with E-state index < -0.39 is 36.0 Å². The number of amides is 3. The molecular formula is C29H26BrN3O6. The molecule has 9 nitrogen and oxygen atoms in total. The van der Waals surface area contributed by atoms with Crippen molar-refractivity contribution in [3.63, 3.8) is 0 Å². The number of nitrogens with zero attached hydrogens (tertiary/aromatic N) is 2. The molecule has 0 spiro atoms. The standard InChI is InChI=1S/C29H26BrN3O6/c30-21-13-11-19(12-14-21)15-25(35)32-16-23-26(31-24(34)18-38-22-9-5-2-6-10-22)28(36)33(23)27(32)29(37)39-17-20-7-3-1-4-8-20/h1-14,23,26-27H,15-18H2,(H,31,34)/t23?,26-,27?/m1/s1. The number of para-hydroxylation sites is 1. The summed E-state index contributed by atoms with van der Waals surface area (Å²) in [7, 11) is 0. The quantitative estimate of drug-likeness (QED) is 0.303. The molecule has 0 radical (unpaired) electrons. The van der Waals surface area contributed by atoms with Gasteiger partial charge in [-0.15, -0.1) is 0 Å². The first kappa shape index (κ1) is 26.4. The van der Waals surface area contributed by atoms with Gasteiger partial charge in [-0.1, -0.05) is 76.6 Å². The summed E-state index contributed by atoms with van der Waals surface area (Å²) >= 11 is 3.38. The topological polar surface area (TPSA) is 105 Å². The van der Waals surface area contributed by atoms with E-state index in [1.54, 1.807) is 24.3 Å². The van der Waals surface area contributed by atoms with Crippen molar-refractivity contribution < 1.29 is 28.7 Å². The van der Waals surface area contributed by atoms with Crippen molar-refractivity contribution in [3.05, 3.63) is 101 Å². The second-order valence-electron chi connectivity index (χ2n) is 9.28. The lowest BCUT2D eigenvalue weighted by atomic mass is 9.96. The van der Waals surface area contributed by atoms with Crippen LogP contribution in [0.3, 0.4) is 0 Å². The minimum absolute atomic E-state index is 0.00853. The van der Waals surface area contributed by atoms with E-state index in [9.17, 15) is 19.2 Å². The summed E-state index contributed by atoms with van der Waals surface area (Å²) in [5.74, 6) is -1.41. The van der Waals surface area contributed by atoms with Crippen molar-refractivity contribution in [3.8, 4) is 5.75 Å². The van der Waals surface area contributed by atoms with Crippen LogP contribution in [0.15, 0.2) is 89.4 Å². The largest absolute Gasteiger partial charge is 0.484 e. The fourth-order valence-electron chi connectivity index (χ4n) is 4.71. The molecule has 39 heavy (non-hydrogen) atoms. The number of fused-ring (bicyclic) bond motifs is 1. The summed E-state index contributed by atoms with van der Waals surface area (Å²) in [5, 5.41) is 2.69. The molecule has 2 unspecified atom stereocenters. The van der Waals surface area contributed by atoms with E-state index in [-0.39, 0.29) is 32.1 Å². The van der Waals surface area contributed by atoms with Crippen LogP contribution in [-0.4, -0.2) is 64.9 Å². The lowest BCUT2D eigenvalue weighted by Gasteiger charge is -2.43. The minimum atomic E-state index is -1.21. The molecule has 2 aliphatic heterocycles. The van der Waals surface area contributed by atoms with Gasteiger partial charge in [0.2, 0.25) is 18.0 Å². The van der Waals surface area contributed by atoms with Crippen LogP contribution in [0.4, 0.5) is 0 Å². The Kier molecular flexibility index (Phi) is 7.92. The van der Waals surface area contributed by atoms with Crippen molar-refractivity contribution in [1.82, 2.24) is 15.1 Å². The van der Waals surface area contributed by atoms with Crippen molar-refractivity contribution in [2.24, 2.45) is 0 Å². The molecule has 3 amide bonds. The Morgan fingerprint density at radius 3 is 2.26 bits per heavy atom. The molecule has 0 saturated carbocycles. The number of halogens is 1. The number of hydrogen-bond acceptors (Lipinski definition) is 6. The third-order valence-corrected chi connectivity index (χ3v) is 7.19. The fourth-order valence-corrected chi connectivity index (χ4v) is 4.98. The Bertz CT molecular complexity index is 1350. The van der Waals surface area contributed by atoms with Gasteiger partial charge < -0.3 is 24.6 Å². The van der Waals surface area contributed by atoms with Crippen LogP contribution in [0.25, 0.3) is 0 Å². The monoisotopic (exact) mass is 591 g/mol. The molecular weight excluding hydrogens is 566 g/mol. The van der Waals surface area contributed by atoms with E-state index in [1.165, 1.54) is 9.80 Å². The van der Waals surface area contributed by atoms with Crippen LogP contribution >= 0.6 is 15.9 Å². The number of esters is 1. The van der Waals surface area contributed by atoms with Gasteiger partial charge in [0.15, 0.2) is 6.61 Å². The molecule has 0 aliphatic carbocycles. The summed E-state index contributed by atoms with van der Waals surface area (Å²) in [5.41, 5.74) is 1.55. The highest BCUT2D eigenvalue weighted by Gasteiger charge is 2.61. The lowest BCUT2D eigenvalue weighted by molar-refractivity contribution is -0.170. The minimum Gasteiger partial charge on any atom is -0.484 e. The summed E-state index contributed by atoms with van der Waals surface area (Å²) in [6.45, 7) is -0.166. The van der Waals surface area contributed by atoms with Gasteiger partial charge >= 0.3 is 5.97 Å². The van der Waals surface area contributed by atoms with E-state index >= 15 is 0 Å². The Morgan fingerprint density at radius 2 is 1.56 bits per heavy atom. The number of nitrogens with one attached hydrogen (secondary N) is 1. The van der Waals surface area contributed by atoms with Crippen LogP contribution in [0.5, 0.6) is 5.75 Å². The molecule has 2 saturated heterocycles. The van der Waals surface area contributed by atoms with Gasteiger partial charge in [-0.25, -0.2) is 4.79 Å². The number of β-lactam (4-membered cyclic amide) rings is 1. The zero-order valence-electron chi connectivity index (χ0n) is 20.9. The summed E-state index contributed by atoms with van der Waals surface area (Å²) in [6, 6.07) is 23.9. The SMILES string of the molecule is O=C(COc1ccccc1)N[C@H]1C(=O)N2C1CN(C(=O)Cc1ccc(Br)cc1)C2C(=O)OCc1ccccc1. The summed E-state index contributed by atoms with van der Waals surface area (Å²) in [4.78, 5) is 54.9. The zero-order chi connectivity index (χ0) is 27.4. The van der Waals surface area contributed by atoms with Crippen LogP contribution in [0.2, 0.25) is 0 Å².